The number of hydrogen-bond donors (Lipinski definition) is 2. The van der Waals surface area contributed by atoms with Gasteiger partial charge in [0.25, 0.3) is 0 Å². The standard InChI is InChI=1S/C23H19NO4/c1-12-9-13(7-8-17(12)24(2)3)14-10-16-21(19(26)11-14)23(28)20-15(22(16)27)5-4-6-18(20)25/h4-11,25-26H,1-3H3. The van der Waals surface area contributed by atoms with Gasteiger partial charge in [-0.2, -0.15) is 0 Å². The number of aromatic hydroxyl groups is 2. The van der Waals surface area contributed by atoms with E-state index in [4.69, 9.17) is 0 Å². The van der Waals surface area contributed by atoms with Crippen LogP contribution in [0.4, 0.5) is 5.69 Å². The van der Waals surface area contributed by atoms with Gasteiger partial charge in [0.05, 0.1) is 11.1 Å². The Balaban J connectivity index is 1.89. The van der Waals surface area contributed by atoms with Gasteiger partial charge in [0.1, 0.15) is 11.5 Å². The number of nitrogens with zero attached hydrogens (tertiary/aromatic N) is 1. The molecule has 0 bridgehead atoms. The van der Waals surface area contributed by atoms with Crippen LogP contribution in [0.15, 0.2) is 48.5 Å². The molecule has 0 aliphatic heterocycles. The highest BCUT2D eigenvalue weighted by atomic mass is 16.3. The lowest BCUT2D eigenvalue weighted by Crippen LogP contribution is -2.21. The average Bonchev–Trinajstić information content (AvgIpc) is 2.65. The van der Waals surface area contributed by atoms with Crippen molar-refractivity contribution in [2.45, 2.75) is 6.92 Å². The fraction of sp³-hybridized carbons (Fsp3) is 0.130. The Bertz CT molecular complexity index is 1160. The van der Waals surface area contributed by atoms with Crippen LogP contribution >= 0.6 is 0 Å². The number of anilines is 1. The number of carbonyl (C=O) groups excluding carboxylic acids is 2. The predicted octanol–water partition coefficient (Wildman–Crippen LogP) is 3.91. The molecule has 0 heterocycles. The molecule has 1 aliphatic rings. The van der Waals surface area contributed by atoms with Gasteiger partial charge in [-0.05, 0) is 53.9 Å². The third kappa shape index (κ3) is 2.55. The van der Waals surface area contributed by atoms with Crippen LogP contribution < -0.4 is 4.90 Å². The van der Waals surface area contributed by atoms with Crippen LogP contribution in [0.25, 0.3) is 11.1 Å². The normalized spacial score (nSPS) is 12.5. The van der Waals surface area contributed by atoms with Crippen molar-refractivity contribution in [3.05, 3.63) is 76.3 Å². The van der Waals surface area contributed by atoms with Gasteiger partial charge in [0.2, 0.25) is 5.78 Å². The lowest BCUT2D eigenvalue weighted by Gasteiger charge is -2.21. The van der Waals surface area contributed by atoms with Crippen LogP contribution in [0.2, 0.25) is 0 Å². The molecular formula is C23H19NO4. The monoisotopic (exact) mass is 373 g/mol. The van der Waals surface area contributed by atoms with Crippen molar-refractivity contribution in [3.63, 3.8) is 0 Å². The number of rotatable bonds is 2. The van der Waals surface area contributed by atoms with Crippen molar-refractivity contribution in [2.24, 2.45) is 0 Å². The largest absolute Gasteiger partial charge is 0.507 e. The first-order chi connectivity index (χ1) is 13.3. The highest BCUT2D eigenvalue weighted by Gasteiger charge is 2.34. The van der Waals surface area contributed by atoms with E-state index in [1.54, 1.807) is 6.07 Å². The van der Waals surface area contributed by atoms with Gasteiger partial charge < -0.3 is 15.1 Å². The van der Waals surface area contributed by atoms with E-state index in [2.05, 4.69) is 0 Å². The van der Waals surface area contributed by atoms with E-state index in [1.165, 1.54) is 24.3 Å². The smallest absolute Gasteiger partial charge is 0.201 e. The van der Waals surface area contributed by atoms with Crippen molar-refractivity contribution in [1.82, 2.24) is 0 Å². The fourth-order valence-electron chi connectivity index (χ4n) is 3.79. The highest BCUT2D eigenvalue weighted by molar-refractivity contribution is 6.30. The third-order valence-corrected chi connectivity index (χ3v) is 5.12. The predicted molar refractivity (Wildman–Crippen MR) is 108 cm³/mol. The minimum Gasteiger partial charge on any atom is -0.507 e. The van der Waals surface area contributed by atoms with Gasteiger partial charge in [-0.1, -0.05) is 18.2 Å². The maximum absolute atomic E-state index is 13.0. The average molecular weight is 373 g/mol. The van der Waals surface area contributed by atoms with E-state index in [-0.39, 0.29) is 39.5 Å². The summed E-state index contributed by atoms with van der Waals surface area (Å²) in [5.41, 5.74) is 3.77. The Morgan fingerprint density at radius 2 is 1.46 bits per heavy atom. The SMILES string of the molecule is Cc1cc(-c2cc(O)c3c(c2)C(=O)c2cccc(O)c2C3=O)ccc1N(C)C. The summed E-state index contributed by atoms with van der Waals surface area (Å²) >= 11 is 0. The van der Waals surface area contributed by atoms with E-state index < -0.39 is 5.78 Å². The van der Waals surface area contributed by atoms with E-state index in [9.17, 15) is 19.8 Å². The third-order valence-electron chi connectivity index (χ3n) is 5.12. The number of hydrogen-bond acceptors (Lipinski definition) is 5. The minimum atomic E-state index is -0.550. The number of benzene rings is 3. The summed E-state index contributed by atoms with van der Waals surface area (Å²) in [5, 5.41) is 20.6. The molecule has 5 heteroatoms. The molecule has 0 amide bonds. The van der Waals surface area contributed by atoms with Gasteiger partial charge >= 0.3 is 0 Å². The van der Waals surface area contributed by atoms with Crippen molar-refractivity contribution >= 4 is 17.3 Å². The summed E-state index contributed by atoms with van der Waals surface area (Å²) in [5.74, 6) is -1.47. The highest BCUT2D eigenvalue weighted by Crippen LogP contribution is 2.39. The quantitative estimate of drug-likeness (QED) is 0.557. The fourth-order valence-corrected chi connectivity index (χ4v) is 3.79. The van der Waals surface area contributed by atoms with Crippen LogP contribution in [-0.4, -0.2) is 35.9 Å². The van der Waals surface area contributed by atoms with Gasteiger partial charge in [-0.3, -0.25) is 9.59 Å². The molecule has 0 spiro atoms. The lowest BCUT2D eigenvalue weighted by molar-refractivity contribution is 0.0974. The van der Waals surface area contributed by atoms with Crippen molar-refractivity contribution < 1.29 is 19.8 Å². The first-order valence-corrected chi connectivity index (χ1v) is 8.86. The summed E-state index contributed by atoms with van der Waals surface area (Å²) in [7, 11) is 3.92. The number of fused-ring (bicyclic) bond motifs is 2. The van der Waals surface area contributed by atoms with Crippen LogP contribution in [0, 0.1) is 6.92 Å². The molecule has 0 saturated carbocycles. The Labute approximate surface area is 162 Å². The minimum absolute atomic E-state index is 0.0609. The second-order valence-electron chi connectivity index (χ2n) is 7.17. The zero-order chi connectivity index (χ0) is 20.2. The summed E-state index contributed by atoms with van der Waals surface area (Å²) in [4.78, 5) is 27.8. The topological polar surface area (TPSA) is 77.8 Å². The number of phenolic OH excluding ortho intramolecular Hbond substituents is 2. The molecule has 0 atom stereocenters. The van der Waals surface area contributed by atoms with Crippen LogP contribution in [0.3, 0.4) is 0 Å². The molecular weight excluding hydrogens is 354 g/mol. The van der Waals surface area contributed by atoms with Gasteiger partial charge in [-0.25, -0.2) is 0 Å². The number of phenols is 2. The van der Waals surface area contributed by atoms with Gasteiger partial charge in [-0.15, -0.1) is 0 Å². The molecule has 3 aromatic rings. The Kier molecular flexibility index (Phi) is 3.96. The van der Waals surface area contributed by atoms with Crippen LogP contribution in [-0.2, 0) is 0 Å². The number of ketones is 2. The maximum atomic E-state index is 13.0. The molecule has 1 aliphatic carbocycles. The first kappa shape index (κ1) is 17.8. The summed E-state index contributed by atoms with van der Waals surface area (Å²) in [6, 6.07) is 13.4. The lowest BCUT2D eigenvalue weighted by atomic mass is 9.81. The summed E-state index contributed by atoms with van der Waals surface area (Å²) in [6.45, 7) is 1.99. The summed E-state index contributed by atoms with van der Waals surface area (Å²) in [6.07, 6.45) is 0. The molecule has 28 heavy (non-hydrogen) atoms. The molecule has 0 saturated heterocycles. The zero-order valence-electron chi connectivity index (χ0n) is 15.8. The van der Waals surface area contributed by atoms with Crippen molar-refractivity contribution in [3.8, 4) is 22.6 Å². The maximum Gasteiger partial charge on any atom is 0.201 e. The molecule has 0 radical (unpaired) electrons. The Morgan fingerprint density at radius 3 is 2.14 bits per heavy atom. The Morgan fingerprint density at radius 1 is 0.750 bits per heavy atom. The number of carbonyl (C=O) groups is 2. The first-order valence-electron chi connectivity index (χ1n) is 8.86. The zero-order valence-corrected chi connectivity index (χ0v) is 15.8. The molecule has 0 unspecified atom stereocenters. The van der Waals surface area contributed by atoms with Crippen molar-refractivity contribution in [1.29, 1.82) is 0 Å². The van der Waals surface area contributed by atoms with Gasteiger partial charge in [0.15, 0.2) is 5.78 Å². The molecule has 0 aromatic heterocycles. The van der Waals surface area contributed by atoms with Crippen molar-refractivity contribution in [2.75, 3.05) is 19.0 Å². The molecule has 5 nitrogen and oxygen atoms in total. The second-order valence-corrected chi connectivity index (χ2v) is 7.17. The van der Waals surface area contributed by atoms with Crippen LogP contribution in [0.1, 0.15) is 37.4 Å². The molecule has 3 aromatic carbocycles. The molecule has 2 N–H and O–H groups in total. The molecule has 4 rings (SSSR count). The van der Waals surface area contributed by atoms with E-state index in [1.807, 2.05) is 44.1 Å². The Hall–Kier alpha value is -3.60. The van der Waals surface area contributed by atoms with E-state index in [0.717, 1.165) is 16.8 Å². The summed E-state index contributed by atoms with van der Waals surface area (Å²) < 4.78 is 0. The second kappa shape index (κ2) is 6.23. The molecule has 140 valence electrons. The van der Waals surface area contributed by atoms with Crippen LogP contribution in [0.5, 0.6) is 11.5 Å². The van der Waals surface area contributed by atoms with Gasteiger partial charge in [0, 0.05) is 30.9 Å². The number of aryl methyl sites for hydroxylation is 1. The van der Waals surface area contributed by atoms with E-state index >= 15 is 0 Å². The molecule has 0 fully saturated rings. The van der Waals surface area contributed by atoms with E-state index in [0.29, 0.717) is 5.56 Å².